The van der Waals surface area contributed by atoms with Crippen LogP contribution in [-0.4, -0.2) is 49.9 Å². The second-order valence-corrected chi connectivity index (χ2v) is 6.39. The minimum atomic E-state index is -4.64. The summed E-state index contributed by atoms with van der Waals surface area (Å²) in [5.41, 5.74) is 6.56. The van der Waals surface area contributed by atoms with E-state index in [9.17, 15) is 9.59 Å². The highest BCUT2D eigenvalue weighted by Gasteiger charge is 2.11. The molecule has 0 atom stereocenters. The van der Waals surface area contributed by atoms with Gasteiger partial charge in [-0.3, -0.25) is 13.9 Å². The summed E-state index contributed by atoms with van der Waals surface area (Å²) in [4.78, 5) is 55.5. The van der Waals surface area contributed by atoms with Crippen LogP contribution in [0.5, 0.6) is 0 Å². The Balaban J connectivity index is 0.000000237. The van der Waals surface area contributed by atoms with Gasteiger partial charge in [0, 0.05) is 39.5 Å². The molecule has 3 heterocycles. The van der Waals surface area contributed by atoms with Gasteiger partial charge in [-0.1, -0.05) is 0 Å². The zero-order valence-electron chi connectivity index (χ0n) is 15.0. The number of phosphoric acid groups is 1. The first kappa shape index (κ1) is 22.5. The summed E-state index contributed by atoms with van der Waals surface area (Å²) < 4.78 is 12.9. The van der Waals surface area contributed by atoms with E-state index in [0.717, 1.165) is 16.7 Å². The van der Waals surface area contributed by atoms with Crippen LogP contribution in [-0.2, 0) is 32.1 Å². The number of hydrogen-bond donors (Lipinski definition) is 5. The van der Waals surface area contributed by atoms with Crippen molar-refractivity contribution in [1.82, 2.24) is 28.7 Å². The predicted octanol–water partition coefficient (Wildman–Crippen LogP) is -2.05. The van der Waals surface area contributed by atoms with E-state index >= 15 is 0 Å². The topological polar surface area (TPSA) is 194 Å². The van der Waals surface area contributed by atoms with Gasteiger partial charge in [-0.05, 0) is 6.54 Å². The maximum absolute atomic E-state index is 11.7. The molecule has 3 rings (SSSR count). The van der Waals surface area contributed by atoms with Gasteiger partial charge in [0.15, 0.2) is 11.2 Å². The van der Waals surface area contributed by atoms with Crippen molar-refractivity contribution in [3.05, 3.63) is 45.4 Å². The van der Waals surface area contributed by atoms with Crippen molar-refractivity contribution in [3.63, 3.8) is 0 Å². The Bertz CT molecular complexity index is 1020. The molecule has 3 aromatic rings. The summed E-state index contributed by atoms with van der Waals surface area (Å²) in [6.07, 6.45) is 5.85. The molecule has 0 aromatic carbocycles. The van der Waals surface area contributed by atoms with Crippen molar-refractivity contribution in [3.8, 4) is 0 Å². The Kier molecular flexibility index (Phi) is 7.82. The van der Waals surface area contributed by atoms with E-state index in [1.807, 2.05) is 0 Å². The van der Waals surface area contributed by atoms with E-state index in [0.29, 0.717) is 17.7 Å². The highest BCUT2D eigenvalue weighted by Crippen LogP contribution is 2.25. The van der Waals surface area contributed by atoms with Crippen molar-refractivity contribution in [2.45, 2.75) is 6.42 Å². The molecule has 14 heteroatoms. The van der Waals surface area contributed by atoms with Crippen molar-refractivity contribution < 1.29 is 19.2 Å². The van der Waals surface area contributed by atoms with Crippen LogP contribution >= 0.6 is 7.82 Å². The number of imidazole rings is 2. The van der Waals surface area contributed by atoms with Crippen LogP contribution < -0.4 is 17.0 Å². The van der Waals surface area contributed by atoms with Gasteiger partial charge in [0.25, 0.3) is 5.56 Å². The fourth-order valence-corrected chi connectivity index (χ4v) is 2.05. The summed E-state index contributed by atoms with van der Waals surface area (Å²) in [7, 11) is 0.134. The number of nitrogens with two attached hydrogens (primary N) is 1. The Hall–Kier alpha value is -2.57. The molecule has 150 valence electrons. The molecule has 0 aliphatic rings. The number of nitrogens with one attached hydrogen (secondary N) is 1. The third kappa shape index (κ3) is 6.58. The Labute approximate surface area is 153 Å². The summed E-state index contributed by atoms with van der Waals surface area (Å²) >= 11 is 0. The number of aryl methyl sites for hydroxylation is 2. The van der Waals surface area contributed by atoms with Crippen molar-refractivity contribution in [2.24, 2.45) is 26.9 Å². The number of hydrogen-bond acceptors (Lipinski definition) is 6. The molecule has 0 spiro atoms. The van der Waals surface area contributed by atoms with Crippen LogP contribution in [0.25, 0.3) is 11.2 Å². The quantitative estimate of drug-likeness (QED) is 0.299. The van der Waals surface area contributed by atoms with Gasteiger partial charge in [-0.15, -0.1) is 0 Å². The third-order valence-electron chi connectivity index (χ3n) is 3.29. The first-order chi connectivity index (χ1) is 12.5. The molecule has 27 heavy (non-hydrogen) atoms. The number of nitrogens with zero attached hydrogens (tertiary/aromatic N) is 5. The molecule has 0 fully saturated rings. The second-order valence-electron chi connectivity index (χ2n) is 5.36. The lowest BCUT2D eigenvalue weighted by atomic mass is 10.3. The Morgan fingerprint density at radius 1 is 1.19 bits per heavy atom. The maximum Gasteiger partial charge on any atom is 0.466 e. The predicted molar refractivity (Wildman–Crippen MR) is 96.8 cm³/mol. The van der Waals surface area contributed by atoms with Gasteiger partial charge in [0.1, 0.15) is 0 Å². The molecule has 3 aromatic heterocycles. The lowest BCUT2D eigenvalue weighted by molar-refractivity contribution is 0.275. The first-order valence-corrected chi connectivity index (χ1v) is 9.06. The SMILES string of the molecule is Cn1c(=O)c2c(ncn2C)n(C)c1=O.NCCc1cnc[nH]1.O=P(O)(O)O. The van der Waals surface area contributed by atoms with Gasteiger partial charge >= 0.3 is 13.5 Å². The molecule has 0 radical (unpaired) electrons. The Morgan fingerprint density at radius 3 is 2.26 bits per heavy atom. The fourth-order valence-electron chi connectivity index (χ4n) is 2.05. The third-order valence-corrected chi connectivity index (χ3v) is 3.29. The number of H-pyrrole nitrogens is 1. The zero-order valence-corrected chi connectivity index (χ0v) is 15.9. The smallest absolute Gasteiger partial charge is 0.348 e. The molecule has 0 unspecified atom stereocenters. The molecule has 6 N–H and O–H groups in total. The Morgan fingerprint density at radius 2 is 1.78 bits per heavy atom. The average molecular weight is 403 g/mol. The maximum atomic E-state index is 11.7. The van der Waals surface area contributed by atoms with Crippen molar-refractivity contribution >= 4 is 19.0 Å². The van der Waals surface area contributed by atoms with E-state index in [2.05, 4.69) is 15.0 Å². The highest BCUT2D eigenvalue weighted by atomic mass is 31.2. The largest absolute Gasteiger partial charge is 0.466 e. The van der Waals surface area contributed by atoms with Gasteiger partial charge < -0.3 is 30.0 Å². The van der Waals surface area contributed by atoms with Crippen LogP contribution in [0.1, 0.15) is 5.69 Å². The number of aromatic nitrogens is 6. The summed E-state index contributed by atoms with van der Waals surface area (Å²) in [5, 5.41) is 0. The van der Waals surface area contributed by atoms with Crippen LogP contribution in [0.2, 0.25) is 0 Å². The molecule has 0 amide bonds. The van der Waals surface area contributed by atoms with Gasteiger partial charge in [-0.25, -0.2) is 19.3 Å². The molecule has 0 saturated heterocycles. The lowest BCUT2D eigenvalue weighted by Gasteiger charge is -2.02. The van der Waals surface area contributed by atoms with Gasteiger partial charge in [0.05, 0.1) is 12.7 Å². The summed E-state index contributed by atoms with van der Waals surface area (Å²) in [6.45, 7) is 0.683. The van der Waals surface area contributed by atoms with Crippen LogP contribution in [0.15, 0.2) is 28.4 Å². The fraction of sp³-hybridized carbons (Fsp3) is 0.385. The monoisotopic (exact) mass is 403 g/mol. The normalized spacial score (nSPS) is 10.8. The highest BCUT2D eigenvalue weighted by molar-refractivity contribution is 7.45. The van der Waals surface area contributed by atoms with Crippen molar-refractivity contribution in [2.75, 3.05) is 6.54 Å². The summed E-state index contributed by atoms with van der Waals surface area (Å²) in [6, 6.07) is 0. The molecule has 13 nitrogen and oxygen atoms in total. The lowest BCUT2D eigenvalue weighted by Crippen LogP contribution is -2.37. The van der Waals surface area contributed by atoms with Gasteiger partial charge in [0.2, 0.25) is 0 Å². The molecule has 0 aliphatic carbocycles. The minimum absolute atomic E-state index is 0.317. The number of rotatable bonds is 2. The van der Waals surface area contributed by atoms with E-state index in [1.165, 1.54) is 17.9 Å². The molecular formula is C13H22N7O6P. The van der Waals surface area contributed by atoms with Crippen LogP contribution in [0.4, 0.5) is 0 Å². The number of aromatic amines is 1. The van der Waals surface area contributed by atoms with Crippen molar-refractivity contribution in [1.29, 1.82) is 0 Å². The van der Waals surface area contributed by atoms with E-state index < -0.39 is 7.82 Å². The molecule has 0 aliphatic heterocycles. The molecule has 0 bridgehead atoms. The first-order valence-electron chi connectivity index (χ1n) is 7.50. The second kappa shape index (κ2) is 9.39. The standard InChI is InChI=1S/C8H10N4O2.C5H9N3.H3O4P/c1-10-4-9-6-5(10)7(13)12(3)8(14)11(6)2;6-2-1-5-3-7-4-8-5;1-5(2,3)4/h4H,1-3H3;3-4H,1-2,6H2,(H,7,8);(H3,1,2,3,4). The van der Waals surface area contributed by atoms with E-state index in [-0.39, 0.29) is 11.2 Å². The summed E-state index contributed by atoms with van der Waals surface area (Å²) in [5.74, 6) is 0. The minimum Gasteiger partial charge on any atom is -0.348 e. The van der Waals surface area contributed by atoms with Crippen LogP contribution in [0, 0.1) is 0 Å². The van der Waals surface area contributed by atoms with E-state index in [1.54, 1.807) is 31.2 Å². The average Bonchev–Trinajstić information content (AvgIpc) is 3.20. The zero-order chi connectivity index (χ0) is 20.8. The number of fused-ring (bicyclic) bond motifs is 1. The molecule has 0 saturated carbocycles. The van der Waals surface area contributed by atoms with Gasteiger partial charge in [-0.2, -0.15) is 0 Å². The molecular weight excluding hydrogens is 381 g/mol. The van der Waals surface area contributed by atoms with E-state index in [4.69, 9.17) is 25.0 Å². The van der Waals surface area contributed by atoms with Crippen LogP contribution in [0.3, 0.4) is 0 Å².